The van der Waals surface area contributed by atoms with Crippen LogP contribution in [0.4, 0.5) is 4.79 Å². The maximum Gasteiger partial charge on any atom is 0.410 e. The lowest BCUT2D eigenvalue weighted by Crippen LogP contribution is -2.39. The second-order valence-electron chi connectivity index (χ2n) is 8.46. The lowest BCUT2D eigenvalue weighted by molar-refractivity contribution is 0.0270. The number of halogens is 1. The van der Waals surface area contributed by atoms with Crippen molar-refractivity contribution in [2.24, 2.45) is 0 Å². The molecule has 3 heterocycles. The molecule has 1 amide bonds. The van der Waals surface area contributed by atoms with Gasteiger partial charge in [-0.2, -0.15) is 0 Å². The van der Waals surface area contributed by atoms with E-state index in [0.29, 0.717) is 19.1 Å². The van der Waals surface area contributed by atoms with Crippen molar-refractivity contribution in [2.75, 3.05) is 13.1 Å². The lowest BCUT2D eigenvalue weighted by Gasteiger charge is -2.29. The van der Waals surface area contributed by atoms with Crippen LogP contribution in [0.5, 0.6) is 0 Å². The van der Waals surface area contributed by atoms with Gasteiger partial charge in [-0.3, -0.25) is 4.98 Å². The van der Waals surface area contributed by atoms with Gasteiger partial charge in [0, 0.05) is 41.6 Å². The molecular weight excluding hydrogens is 406 g/mol. The Kier molecular flexibility index (Phi) is 4.78. The van der Waals surface area contributed by atoms with E-state index in [2.05, 4.69) is 38.8 Å². The Morgan fingerprint density at radius 1 is 1.33 bits per heavy atom. The Hall–Kier alpha value is -1.82. The molecule has 1 aliphatic carbocycles. The van der Waals surface area contributed by atoms with Crippen molar-refractivity contribution in [3.05, 3.63) is 34.6 Å². The Morgan fingerprint density at radius 2 is 2.11 bits per heavy atom. The van der Waals surface area contributed by atoms with Gasteiger partial charge in [0.25, 0.3) is 0 Å². The summed E-state index contributed by atoms with van der Waals surface area (Å²) in [5.41, 5.74) is 4.26. The van der Waals surface area contributed by atoms with E-state index >= 15 is 0 Å². The zero-order valence-corrected chi connectivity index (χ0v) is 17.8. The second kappa shape index (κ2) is 6.97. The van der Waals surface area contributed by atoms with Crippen molar-refractivity contribution in [3.63, 3.8) is 0 Å². The van der Waals surface area contributed by atoms with Crippen LogP contribution in [0.15, 0.2) is 29.0 Å². The highest BCUT2D eigenvalue weighted by atomic mass is 79.9. The van der Waals surface area contributed by atoms with Crippen LogP contribution in [-0.2, 0) is 4.74 Å². The molecule has 144 valence electrons. The van der Waals surface area contributed by atoms with Gasteiger partial charge in [-0.15, -0.1) is 0 Å². The molecule has 2 aromatic heterocycles. The quantitative estimate of drug-likeness (QED) is 0.625. The molecule has 6 heteroatoms. The standard InChI is InChI=1S/C21H26BrN3O2/c1-21(2,3)27-20(26)24-9-7-14(8-10-24)17-13-25(16-5-4-6-16)18-11-15(22)12-23-19(17)18/h7,11-13,16H,4-6,8-10H2,1-3H3. The first kappa shape index (κ1) is 18.5. The third kappa shape index (κ3) is 3.77. The van der Waals surface area contributed by atoms with Gasteiger partial charge in [-0.05, 0) is 74.0 Å². The molecule has 2 aromatic rings. The SMILES string of the molecule is CC(C)(C)OC(=O)N1CC=C(c2cn(C3CCC3)c3cc(Br)cnc23)CC1. The van der Waals surface area contributed by atoms with E-state index < -0.39 is 5.60 Å². The molecule has 0 aromatic carbocycles. The van der Waals surface area contributed by atoms with Crippen molar-refractivity contribution in [1.82, 2.24) is 14.5 Å². The fourth-order valence-electron chi connectivity index (χ4n) is 3.71. The van der Waals surface area contributed by atoms with Crippen LogP contribution in [0.1, 0.15) is 58.1 Å². The van der Waals surface area contributed by atoms with Crippen LogP contribution < -0.4 is 0 Å². The van der Waals surface area contributed by atoms with Crippen molar-refractivity contribution >= 4 is 38.6 Å². The number of carbonyl (C=O) groups is 1. The molecule has 27 heavy (non-hydrogen) atoms. The van der Waals surface area contributed by atoms with Gasteiger partial charge in [0.15, 0.2) is 0 Å². The van der Waals surface area contributed by atoms with Crippen LogP contribution in [0, 0.1) is 0 Å². The number of rotatable bonds is 2. The number of pyridine rings is 1. The number of hydrogen-bond donors (Lipinski definition) is 0. The van der Waals surface area contributed by atoms with Crippen molar-refractivity contribution in [3.8, 4) is 0 Å². The van der Waals surface area contributed by atoms with E-state index in [9.17, 15) is 4.79 Å². The van der Waals surface area contributed by atoms with Crippen LogP contribution >= 0.6 is 15.9 Å². The van der Waals surface area contributed by atoms with E-state index in [1.807, 2.05) is 27.0 Å². The number of aromatic nitrogens is 2. The van der Waals surface area contributed by atoms with E-state index in [1.54, 1.807) is 4.90 Å². The van der Waals surface area contributed by atoms with E-state index in [4.69, 9.17) is 9.72 Å². The molecule has 1 fully saturated rings. The summed E-state index contributed by atoms with van der Waals surface area (Å²) >= 11 is 3.56. The molecule has 1 aliphatic heterocycles. The highest BCUT2D eigenvalue weighted by Crippen LogP contribution is 2.38. The average molecular weight is 432 g/mol. The first-order chi connectivity index (χ1) is 12.8. The van der Waals surface area contributed by atoms with Crippen LogP contribution in [-0.4, -0.2) is 39.2 Å². The largest absolute Gasteiger partial charge is 0.444 e. The minimum atomic E-state index is -0.464. The van der Waals surface area contributed by atoms with E-state index in [1.165, 1.54) is 35.9 Å². The van der Waals surface area contributed by atoms with Gasteiger partial charge < -0.3 is 14.2 Å². The molecule has 0 atom stereocenters. The Balaban J connectivity index is 1.61. The fourth-order valence-corrected chi connectivity index (χ4v) is 4.03. The smallest absolute Gasteiger partial charge is 0.410 e. The van der Waals surface area contributed by atoms with Crippen molar-refractivity contribution in [1.29, 1.82) is 0 Å². The zero-order chi connectivity index (χ0) is 19.2. The predicted octanol–water partition coefficient (Wildman–Crippen LogP) is 5.55. The highest BCUT2D eigenvalue weighted by molar-refractivity contribution is 9.10. The zero-order valence-electron chi connectivity index (χ0n) is 16.2. The number of carbonyl (C=O) groups excluding carboxylic acids is 1. The minimum Gasteiger partial charge on any atom is -0.444 e. The fraction of sp³-hybridized carbons (Fsp3) is 0.524. The Morgan fingerprint density at radius 3 is 2.70 bits per heavy atom. The number of amides is 1. The summed E-state index contributed by atoms with van der Waals surface area (Å²) in [4.78, 5) is 18.8. The third-order valence-corrected chi connectivity index (χ3v) is 5.74. The monoisotopic (exact) mass is 431 g/mol. The summed E-state index contributed by atoms with van der Waals surface area (Å²) in [6.07, 6.45) is 10.6. The number of fused-ring (bicyclic) bond motifs is 1. The van der Waals surface area contributed by atoms with Crippen molar-refractivity contribution in [2.45, 2.75) is 58.1 Å². The summed E-state index contributed by atoms with van der Waals surface area (Å²) in [5.74, 6) is 0. The second-order valence-corrected chi connectivity index (χ2v) is 9.38. The molecule has 0 unspecified atom stereocenters. The highest BCUT2D eigenvalue weighted by Gasteiger charge is 2.27. The first-order valence-corrected chi connectivity index (χ1v) is 10.4. The summed E-state index contributed by atoms with van der Waals surface area (Å²) in [5, 5.41) is 0. The molecule has 1 saturated carbocycles. The minimum absolute atomic E-state index is 0.239. The van der Waals surface area contributed by atoms with Crippen molar-refractivity contribution < 1.29 is 9.53 Å². The molecule has 0 radical (unpaired) electrons. The molecule has 0 N–H and O–H groups in total. The van der Waals surface area contributed by atoms with Gasteiger partial charge in [-0.1, -0.05) is 6.08 Å². The van der Waals surface area contributed by atoms with Gasteiger partial charge >= 0.3 is 6.09 Å². The molecule has 4 rings (SSSR count). The Bertz CT molecular complexity index is 906. The van der Waals surface area contributed by atoms with Gasteiger partial charge in [0.05, 0.1) is 11.0 Å². The number of nitrogens with zero attached hydrogens (tertiary/aromatic N) is 3. The topological polar surface area (TPSA) is 47.4 Å². The summed E-state index contributed by atoms with van der Waals surface area (Å²) in [7, 11) is 0. The Labute approximate surface area is 168 Å². The van der Waals surface area contributed by atoms with Gasteiger partial charge in [-0.25, -0.2) is 4.79 Å². The third-order valence-electron chi connectivity index (χ3n) is 5.31. The lowest BCUT2D eigenvalue weighted by atomic mass is 9.93. The number of hydrogen-bond acceptors (Lipinski definition) is 3. The number of ether oxygens (including phenoxy) is 1. The van der Waals surface area contributed by atoms with Gasteiger partial charge in [0.1, 0.15) is 5.60 Å². The molecule has 0 bridgehead atoms. The molecular formula is C21H26BrN3O2. The average Bonchev–Trinajstić information content (AvgIpc) is 2.90. The van der Waals surface area contributed by atoms with E-state index in [-0.39, 0.29) is 6.09 Å². The maximum atomic E-state index is 12.3. The molecule has 5 nitrogen and oxygen atoms in total. The van der Waals surface area contributed by atoms with Crippen LogP contribution in [0.3, 0.4) is 0 Å². The first-order valence-electron chi connectivity index (χ1n) is 9.65. The summed E-state index contributed by atoms with van der Waals surface area (Å²) in [6, 6.07) is 2.75. The van der Waals surface area contributed by atoms with Crippen LogP contribution in [0.2, 0.25) is 0 Å². The normalized spacial score (nSPS) is 18.4. The van der Waals surface area contributed by atoms with Gasteiger partial charge in [0.2, 0.25) is 0 Å². The van der Waals surface area contributed by atoms with Crippen LogP contribution in [0.25, 0.3) is 16.6 Å². The summed E-state index contributed by atoms with van der Waals surface area (Å²) < 4.78 is 8.90. The summed E-state index contributed by atoms with van der Waals surface area (Å²) in [6.45, 7) is 6.95. The predicted molar refractivity (Wildman–Crippen MR) is 111 cm³/mol. The van der Waals surface area contributed by atoms with E-state index in [0.717, 1.165) is 16.4 Å². The maximum absolute atomic E-state index is 12.3. The molecule has 0 spiro atoms. The molecule has 2 aliphatic rings. The molecule has 0 saturated heterocycles.